The Hall–Kier alpha value is -3.03. The van der Waals surface area contributed by atoms with Gasteiger partial charge < -0.3 is 4.74 Å². The van der Waals surface area contributed by atoms with Gasteiger partial charge in [-0.2, -0.15) is 9.36 Å². The molecule has 3 rings (SSSR count). The van der Waals surface area contributed by atoms with E-state index in [2.05, 4.69) is 10.4 Å². The number of para-hydroxylation sites is 1. The van der Waals surface area contributed by atoms with E-state index >= 15 is 0 Å². The number of benzene rings is 2. The van der Waals surface area contributed by atoms with Crippen LogP contribution in [0.25, 0.3) is 5.69 Å². The van der Waals surface area contributed by atoms with Gasteiger partial charge in [0.05, 0.1) is 11.3 Å². The molecule has 0 radical (unpaired) electrons. The van der Waals surface area contributed by atoms with Crippen molar-refractivity contribution in [3.8, 4) is 11.4 Å². The first-order valence-electron chi connectivity index (χ1n) is 7.56. The minimum absolute atomic E-state index is 0.0226. The van der Waals surface area contributed by atoms with Gasteiger partial charge >= 0.3 is 5.69 Å². The Balaban J connectivity index is 1.97. The zero-order chi connectivity index (χ0) is 18.0. The van der Waals surface area contributed by atoms with Gasteiger partial charge in [-0.15, -0.1) is 0 Å². The summed E-state index contributed by atoms with van der Waals surface area (Å²) in [7, 11) is 1.50. The number of rotatable bonds is 5. The van der Waals surface area contributed by atoms with E-state index in [0.717, 1.165) is 14.9 Å². The topological polar surface area (TPSA) is 61.9 Å². The summed E-state index contributed by atoms with van der Waals surface area (Å²) in [5, 5.41) is 7.53. The van der Waals surface area contributed by atoms with Crippen molar-refractivity contribution in [3.05, 3.63) is 69.6 Å². The lowest BCUT2D eigenvalue weighted by Gasteiger charge is -2.15. The highest BCUT2D eigenvalue weighted by atomic mass is 19.3. The molecule has 0 N–H and O–H groups in total. The molecule has 0 bridgehead atoms. The molecule has 0 unspecified atom stereocenters. The summed E-state index contributed by atoms with van der Waals surface area (Å²) in [6, 6.07) is 11.3. The molecule has 0 aliphatic rings. The highest BCUT2D eigenvalue weighted by Gasteiger charge is 2.16. The van der Waals surface area contributed by atoms with Gasteiger partial charge in [0.1, 0.15) is 12.4 Å². The summed E-state index contributed by atoms with van der Waals surface area (Å²) < 4.78 is 34.1. The van der Waals surface area contributed by atoms with Crippen LogP contribution >= 0.6 is 0 Å². The maximum Gasteiger partial charge on any atom is 0.368 e. The van der Waals surface area contributed by atoms with Crippen molar-refractivity contribution in [2.75, 3.05) is 0 Å². The van der Waals surface area contributed by atoms with Crippen molar-refractivity contribution in [1.82, 2.24) is 19.8 Å². The molecule has 2 aromatic carbocycles. The lowest BCUT2D eigenvalue weighted by Crippen LogP contribution is -2.23. The van der Waals surface area contributed by atoms with Crippen molar-refractivity contribution in [1.29, 1.82) is 0 Å². The largest absolute Gasteiger partial charge is 0.488 e. The lowest BCUT2D eigenvalue weighted by molar-refractivity contribution is 0.144. The second kappa shape index (κ2) is 6.84. The molecule has 130 valence electrons. The van der Waals surface area contributed by atoms with Crippen LogP contribution in [0.4, 0.5) is 8.78 Å². The molecule has 0 saturated carbocycles. The van der Waals surface area contributed by atoms with Crippen molar-refractivity contribution in [3.63, 3.8) is 0 Å². The van der Waals surface area contributed by atoms with E-state index in [0.29, 0.717) is 11.3 Å². The van der Waals surface area contributed by atoms with Crippen molar-refractivity contribution >= 4 is 0 Å². The third kappa shape index (κ3) is 3.28. The van der Waals surface area contributed by atoms with E-state index in [4.69, 9.17) is 4.74 Å². The number of ether oxygens (including phenoxy) is 1. The monoisotopic (exact) mass is 346 g/mol. The van der Waals surface area contributed by atoms with Gasteiger partial charge in [-0.1, -0.05) is 24.3 Å². The van der Waals surface area contributed by atoms with Gasteiger partial charge in [-0.25, -0.2) is 13.6 Å². The quantitative estimate of drug-likeness (QED) is 0.713. The van der Waals surface area contributed by atoms with Crippen molar-refractivity contribution in [2.45, 2.75) is 20.0 Å². The molecule has 0 atom stereocenters. The van der Waals surface area contributed by atoms with Gasteiger partial charge in [0.2, 0.25) is 0 Å². The average Bonchev–Trinajstić information content (AvgIpc) is 2.93. The number of tetrazole rings is 1. The van der Waals surface area contributed by atoms with Crippen LogP contribution in [0.3, 0.4) is 0 Å². The predicted molar refractivity (Wildman–Crippen MR) is 87.1 cm³/mol. The number of aromatic nitrogens is 4. The minimum Gasteiger partial charge on any atom is -0.488 e. The molecule has 8 heteroatoms. The Labute approximate surface area is 142 Å². The second-order valence-corrected chi connectivity index (χ2v) is 5.50. The van der Waals surface area contributed by atoms with Crippen LogP contribution in [0.5, 0.6) is 5.75 Å². The predicted octanol–water partition coefficient (Wildman–Crippen LogP) is 2.79. The van der Waals surface area contributed by atoms with Gasteiger partial charge in [0.15, 0.2) is 0 Å². The van der Waals surface area contributed by atoms with Crippen LogP contribution in [0.1, 0.15) is 23.1 Å². The first-order valence-corrected chi connectivity index (χ1v) is 7.56. The van der Waals surface area contributed by atoms with Crippen LogP contribution in [0.15, 0.2) is 47.3 Å². The van der Waals surface area contributed by atoms with Crippen LogP contribution in [0.2, 0.25) is 0 Å². The minimum atomic E-state index is -2.63. The zero-order valence-electron chi connectivity index (χ0n) is 13.7. The number of nitrogens with zero attached hydrogens (tertiary/aromatic N) is 4. The number of alkyl halides is 2. The fourth-order valence-corrected chi connectivity index (χ4v) is 2.48. The molecule has 3 aromatic rings. The summed E-state index contributed by atoms with van der Waals surface area (Å²) in [5.41, 5.74) is 1.46. The molecule has 0 aliphatic carbocycles. The third-order valence-corrected chi connectivity index (χ3v) is 3.86. The molecule has 0 fully saturated rings. The normalized spacial score (nSPS) is 11.1. The Morgan fingerprint density at radius 2 is 1.88 bits per heavy atom. The molecule has 0 amide bonds. The van der Waals surface area contributed by atoms with Crippen LogP contribution in [-0.2, 0) is 13.7 Å². The smallest absolute Gasteiger partial charge is 0.368 e. The Kier molecular flexibility index (Phi) is 4.60. The second-order valence-electron chi connectivity index (χ2n) is 5.50. The molecule has 25 heavy (non-hydrogen) atoms. The SMILES string of the molecule is Cc1cccc(-n2nnn(C)c2=O)c1COc1ccccc1C(F)F. The van der Waals surface area contributed by atoms with Gasteiger partial charge in [0, 0.05) is 12.6 Å². The van der Waals surface area contributed by atoms with Crippen LogP contribution in [0, 0.1) is 6.92 Å². The van der Waals surface area contributed by atoms with E-state index in [-0.39, 0.29) is 17.9 Å². The number of aryl methyl sites for hydroxylation is 2. The van der Waals surface area contributed by atoms with Gasteiger partial charge in [-0.3, -0.25) is 0 Å². The molecule has 6 nitrogen and oxygen atoms in total. The standard InChI is InChI=1S/C17H16F2N4O2/c1-11-6-5-8-14(23-17(24)22(2)20-21-23)13(11)10-25-15-9-4-3-7-12(15)16(18)19/h3-9,16H,10H2,1-2H3. The summed E-state index contributed by atoms with van der Waals surface area (Å²) >= 11 is 0. The van der Waals surface area contributed by atoms with Crippen LogP contribution < -0.4 is 10.4 Å². The maximum absolute atomic E-state index is 13.1. The first-order chi connectivity index (χ1) is 12.0. The average molecular weight is 346 g/mol. The summed E-state index contributed by atoms with van der Waals surface area (Å²) in [6.45, 7) is 1.87. The Morgan fingerprint density at radius 3 is 2.56 bits per heavy atom. The summed E-state index contributed by atoms with van der Waals surface area (Å²) in [4.78, 5) is 12.1. The van der Waals surface area contributed by atoms with Gasteiger partial charge in [0.25, 0.3) is 6.43 Å². The third-order valence-electron chi connectivity index (χ3n) is 3.86. The number of hydrogen-bond acceptors (Lipinski definition) is 4. The van der Waals surface area contributed by atoms with Crippen molar-refractivity contribution < 1.29 is 13.5 Å². The maximum atomic E-state index is 13.1. The number of hydrogen-bond donors (Lipinski definition) is 0. The first kappa shape index (κ1) is 16.8. The molecular weight excluding hydrogens is 330 g/mol. The molecule has 0 saturated heterocycles. The number of halogens is 2. The van der Waals surface area contributed by atoms with E-state index in [1.165, 1.54) is 25.2 Å². The van der Waals surface area contributed by atoms with E-state index in [1.54, 1.807) is 18.2 Å². The van der Waals surface area contributed by atoms with E-state index < -0.39 is 12.1 Å². The van der Waals surface area contributed by atoms with Gasteiger partial charge in [-0.05, 0) is 41.1 Å². The summed E-state index contributed by atoms with van der Waals surface area (Å²) in [5.74, 6) is 0.109. The zero-order valence-corrected chi connectivity index (χ0v) is 13.7. The van der Waals surface area contributed by atoms with Crippen LogP contribution in [-0.4, -0.2) is 19.8 Å². The lowest BCUT2D eigenvalue weighted by atomic mass is 10.1. The fraction of sp³-hybridized carbons (Fsp3) is 0.235. The molecule has 0 aliphatic heterocycles. The highest BCUT2D eigenvalue weighted by Crippen LogP contribution is 2.29. The fourth-order valence-electron chi connectivity index (χ4n) is 2.48. The van der Waals surface area contributed by atoms with E-state index in [9.17, 15) is 13.6 Å². The highest BCUT2D eigenvalue weighted by molar-refractivity contribution is 5.45. The molecule has 1 heterocycles. The van der Waals surface area contributed by atoms with Crippen molar-refractivity contribution in [2.24, 2.45) is 7.05 Å². The molecule has 0 spiro atoms. The molecule has 1 aromatic heterocycles. The van der Waals surface area contributed by atoms with E-state index in [1.807, 2.05) is 13.0 Å². The Morgan fingerprint density at radius 1 is 1.12 bits per heavy atom. The summed E-state index contributed by atoms with van der Waals surface area (Å²) in [6.07, 6.45) is -2.63. The molecular formula is C17H16F2N4O2. The Bertz CT molecular complexity index is 950.